The molecule has 2 N–H and O–H groups in total. The average molecular weight is 515 g/mol. The molecule has 1 aliphatic carbocycles. The van der Waals surface area contributed by atoms with E-state index in [1.807, 2.05) is 32.9 Å². The van der Waals surface area contributed by atoms with Gasteiger partial charge < -0.3 is 20.4 Å². The first-order chi connectivity index (χ1) is 18.1. The van der Waals surface area contributed by atoms with E-state index in [4.69, 9.17) is 0 Å². The SMILES string of the molecule is CC1=CC(=O)C(CNC(=O)c2cc(-c3ccc(CN(C)C)cc3)cc(N(C)C3CCNCC3)c2C)C(C)=C1. The first kappa shape index (κ1) is 27.8. The number of hydrogen-bond acceptors (Lipinski definition) is 5. The van der Waals surface area contributed by atoms with E-state index in [-0.39, 0.29) is 17.6 Å². The first-order valence-electron chi connectivity index (χ1n) is 13.6. The normalized spacial score (nSPS) is 18.3. The Morgan fingerprint density at radius 1 is 0.974 bits per heavy atom. The molecule has 38 heavy (non-hydrogen) atoms. The van der Waals surface area contributed by atoms with Crippen molar-refractivity contribution in [1.82, 2.24) is 15.5 Å². The fourth-order valence-electron chi connectivity index (χ4n) is 5.63. The summed E-state index contributed by atoms with van der Waals surface area (Å²) in [4.78, 5) is 30.7. The number of allylic oxidation sites excluding steroid dienone is 3. The number of benzene rings is 2. The third-order valence-corrected chi connectivity index (χ3v) is 7.83. The summed E-state index contributed by atoms with van der Waals surface area (Å²) in [7, 11) is 6.28. The lowest BCUT2D eigenvalue weighted by molar-refractivity contribution is -0.117. The molecule has 0 bridgehead atoms. The summed E-state index contributed by atoms with van der Waals surface area (Å²) in [6.45, 7) is 9.12. The van der Waals surface area contributed by atoms with E-state index < -0.39 is 0 Å². The Balaban J connectivity index is 1.65. The molecule has 6 heteroatoms. The van der Waals surface area contributed by atoms with Crippen LogP contribution in [0.25, 0.3) is 11.1 Å². The summed E-state index contributed by atoms with van der Waals surface area (Å²) in [6.07, 6.45) is 5.84. The molecule has 0 saturated carbocycles. The molecule has 6 nitrogen and oxygen atoms in total. The fourth-order valence-corrected chi connectivity index (χ4v) is 5.63. The maximum Gasteiger partial charge on any atom is 0.251 e. The largest absolute Gasteiger partial charge is 0.371 e. The van der Waals surface area contributed by atoms with E-state index in [0.29, 0.717) is 18.2 Å². The number of nitrogens with one attached hydrogen (secondary N) is 2. The number of carbonyl (C=O) groups is 2. The van der Waals surface area contributed by atoms with Crippen LogP contribution in [-0.4, -0.2) is 63.4 Å². The number of hydrogen-bond donors (Lipinski definition) is 2. The van der Waals surface area contributed by atoms with Gasteiger partial charge in [-0.25, -0.2) is 0 Å². The molecule has 2 aromatic rings. The van der Waals surface area contributed by atoms with Crippen molar-refractivity contribution >= 4 is 17.4 Å². The molecular formula is C32H42N4O2. The van der Waals surface area contributed by atoms with Crippen LogP contribution in [0.3, 0.4) is 0 Å². The summed E-state index contributed by atoms with van der Waals surface area (Å²) >= 11 is 0. The molecular weight excluding hydrogens is 472 g/mol. The van der Waals surface area contributed by atoms with Crippen molar-refractivity contribution in [3.63, 3.8) is 0 Å². The third-order valence-electron chi connectivity index (χ3n) is 7.83. The van der Waals surface area contributed by atoms with Crippen molar-refractivity contribution in [3.8, 4) is 11.1 Å². The van der Waals surface area contributed by atoms with Gasteiger partial charge in [0.25, 0.3) is 5.91 Å². The summed E-state index contributed by atoms with van der Waals surface area (Å²) in [6, 6.07) is 13.2. The molecule has 1 amide bonds. The number of rotatable bonds is 8. The molecule has 0 spiro atoms. The number of amides is 1. The molecule has 1 unspecified atom stereocenters. The number of anilines is 1. The van der Waals surface area contributed by atoms with Crippen LogP contribution in [0.4, 0.5) is 5.69 Å². The third kappa shape index (κ3) is 6.43. The second-order valence-corrected chi connectivity index (χ2v) is 11.1. The molecule has 1 atom stereocenters. The Kier molecular flexibility index (Phi) is 8.85. The van der Waals surface area contributed by atoms with E-state index in [9.17, 15) is 9.59 Å². The van der Waals surface area contributed by atoms with Gasteiger partial charge >= 0.3 is 0 Å². The lowest BCUT2D eigenvalue weighted by atomic mass is 9.88. The molecule has 1 heterocycles. The van der Waals surface area contributed by atoms with Crippen LogP contribution >= 0.6 is 0 Å². The van der Waals surface area contributed by atoms with Gasteiger partial charge in [0.2, 0.25) is 0 Å². The summed E-state index contributed by atoms with van der Waals surface area (Å²) in [5.74, 6) is -0.398. The van der Waals surface area contributed by atoms with Crippen molar-refractivity contribution in [2.24, 2.45) is 5.92 Å². The molecule has 0 aromatic heterocycles. The Bertz CT molecular complexity index is 1240. The lowest BCUT2D eigenvalue weighted by Gasteiger charge is -2.35. The number of nitrogens with zero attached hydrogens (tertiary/aromatic N) is 2. The van der Waals surface area contributed by atoms with Crippen molar-refractivity contribution in [1.29, 1.82) is 0 Å². The maximum absolute atomic E-state index is 13.6. The van der Waals surface area contributed by atoms with Gasteiger partial charge in [0.1, 0.15) is 0 Å². The molecule has 2 aliphatic rings. The van der Waals surface area contributed by atoms with Gasteiger partial charge in [-0.1, -0.05) is 35.9 Å². The molecule has 202 valence electrons. The minimum absolute atomic E-state index is 0.0532. The molecule has 1 aliphatic heterocycles. The van der Waals surface area contributed by atoms with Crippen LogP contribution in [0.5, 0.6) is 0 Å². The lowest BCUT2D eigenvalue weighted by Crippen LogP contribution is -2.41. The van der Waals surface area contributed by atoms with Gasteiger partial charge in [-0.05, 0) is 107 Å². The highest BCUT2D eigenvalue weighted by molar-refractivity contribution is 6.00. The van der Waals surface area contributed by atoms with Gasteiger partial charge in [0.05, 0.1) is 5.92 Å². The second kappa shape index (κ2) is 12.1. The standard InChI is InChI=1S/C32H42N4O2/c1-21-15-22(2)29(31(37)16-21)19-34-32(38)28-17-26(25-9-7-24(8-10-25)20-35(4)5)18-30(23(28)3)36(6)27-11-13-33-14-12-27/h7-10,15-18,27,29,33H,11-14,19-20H2,1-6H3,(H,34,38). The fraction of sp³-hybridized carbons (Fsp3) is 0.438. The van der Waals surface area contributed by atoms with Crippen LogP contribution < -0.4 is 15.5 Å². The zero-order chi connectivity index (χ0) is 27.4. The molecule has 2 aromatic carbocycles. The second-order valence-electron chi connectivity index (χ2n) is 11.1. The predicted molar refractivity (Wildman–Crippen MR) is 157 cm³/mol. The Morgan fingerprint density at radius 2 is 1.66 bits per heavy atom. The van der Waals surface area contributed by atoms with Crippen molar-refractivity contribution < 1.29 is 9.59 Å². The smallest absolute Gasteiger partial charge is 0.251 e. The van der Waals surface area contributed by atoms with Crippen molar-refractivity contribution in [2.45, 2.75) is 46.2 Å². The highest BCUT2D eigenvalue weighted by Crippen LogP contribution is 2.33. The topological polar surface area (TPSA) is 64.7 Å². The molecule has 1 saturated heterocycles. The van der Waals surface area contributed by atoms with Crippen LogP contribution in [0.15, 0.2) is 59.7 Å². The van der Waals surface area contributed by atoms with E-state index in [0.717, 1.165) is 66.0 Å². The van der Waals surface area contributed by atoms with Gasteiger partial charge in [0, 0.05) is 37.4 Å². The van der Waals surface area contributed by atoms with Gasteiger partial charge in [0.15, 0.2) is 5.78 Å². The van der Waals surface area contributed by atoms with Crippen molar-refractivity contribution in [3.05, 3.63) is 76.4 Å². The summed E-state index contributed by atoms with van der Waals surface area (Å²) in [5.41, 5.74) is 8.02. The maximum atomic E-state index is 13.6. The van der Waals surface area contributed by atoms with Gasteiger partial charge in [-0.15, -0.1) is 0 Å². The summed E-state index contributed by atoms with van der Waals surface area (Å²) < 4.78 is 0. The molecule has 1 fully saturated rings. The Hall–Kier alpha value is -3.22. The van der Waals surface area contributed by atoms with E-state index in [2.05, 4.69) is 71.9 Å². The van der Waals surface area contributed by atoms with Crippen LogP contribution in [0.2, 0.25) is 0 Å². The van der Waals surface area contributed by atoms with Crippen LogP contribution in [-0.2, 0) is 11.3 Å². The highest BCUT2D eigenvalue weighted by atomic mass is 16.2. The number of carbonyl (C=O) groups excluding carboxylic acids is 2. The van der Waals surface area contributed by atoms with Gasteiger partial charge in [-0.3, -0.25) is 9.59 Å². The molecule has 0 radical (unpaired) electrons. The highest BCUT2D eigenvalue weighted by Gasteiger charge is 2.25. The van der Waals surface area contributed by atoms with Crippen LogP contribution in [0, 0.1) is 12.8 Å². The predicted octanol–water partition coefficient (Wildman–Crippen LogP) is 4.73. The summed E-state index contributed by atoms with van der Waals surface area (Å²) in [5, 5.41) is 6.52. The minimum Gasteiger partial charge on any atom is -0.371 e. The van der Waals surface area contributed by atoms with E-state index in [1.165, 1.54) is 5.56 Å². The van der Waals surface area contributed by atoms with Crippen molar-refractivity contribution in [2.75, 3.05) is 45.7 Å². The molecule has 4 rings (SSSR count). The van der Waals surface area contributed by atoms with E-state index in [1.54, 1.807) is 6.08 Å². The first-order valence-corrected chi connectivity index (χ1v) is 13.6. The average Bonchev–Trinajstić information content (AvgIpc) is 2.88. The Labute approximate surface area is 227 Å². The Morgan fingerprint density at radius 3 is 2.29 bits per heavy atom. The van der Waals surface area contributed by atoms with Gasteiger partial charge in [-0.2, -0.15) is 0 Å². The zero-order valence-corrected chi connectivity index (χ0v) is 23.7. The number of ketones is 1. The van der Waals surface area contributed by atoms with Crippen LogP contribution in [0.1, 0.15) is 48.2 Å². The minimum atomic E-state index is -0.313. The van der Waals surface area contributed by atoms with E-state index >= 15 is 0 Å². The zero-order valence-electron chi connectivity index (χ0n) is 23.7. The quantitative estimate of drug-likeness (QED) is 0.533. The monoisotopic (exact) mass is 514 g/mol. The number of piperidine rings is 1.